The quantitative estimate of drug-likeness (QED) is 0.453. The molecule has 0 saturated carbocycles. The molecule has 0 atom stereocenters. The molecule has 0 spiro atoms. The van der Waals surface area contributed by atoms with E-state index in [1.54, 1.807) is 6.20 Å². The van der Waals surface area contributed by atoms with Gasteiger partial charge in [0.15, 0.2) is 0 Å². The number of nitrogens with one attached hydrogen (secondary N) is 1. The molecule has 4 aromatic rings. The number of rotatable bonds is 3. The highest BCUT2D eigenvalue weighted by atomic mass is 16.2. The highest BCUT2D eigenvalue weighted by Gasteiger charge is 2.24. The minimum atomic E-state index is -0.0776. The smallest absolute Gasteiger partial charge is 0.256 e. The van der Waals surface area contributed by atoms with E-state index in [1.807, 2.05) is 79.0 Å². The Bertz CT molecular complexity index is 1230. The van der Waals surface area contributed by atoms with Gasteiger partial charge in [-0.05, 0) is 40.5 Å². The van der Waals surface area contributed by atoms with Crippen molar-refractivity contribution in [1.82, 2.24) is 4.98 Å². The van der Waals surface area contributed by atoms with Crippen LogP contribution in [0.2, 0.25) is 0 Å². The summed E-state index contributed by atoms with van der Waals surface area (Å²) in [5, 5.41) is 3.01. The molecule has 3 nitrogen and oxygen atoms in total. The van der Waals surface area contributed by atoms with E-state index in [2.05, 4.69) is 28.5 Å². The average Bonchev–Trinajstić information content (AvgIpc) is 3.09. The first-order valence-electron chi connectivity index (χ1n) is 9.52. The maximum Gasteiger partial charge on any atom is 0.256 e. The molecule has 138 valence electrons. The summed E-state index contributed by atoms with van der Waals surface area (Å²) in [6.45, 7) is 0. The van der Waals surface area contributed by atoms with Gasteiger partial charge in [-0.25, -0.2) is 0 Å². The van der Waals surface area contributed by atoms with Gasteiger partial charge in [-0.3, -0.25) is 9.78 Å². The molecular formula is C26H18N2O. The Labute approximate surface area is 169 Å². The minimum Gasteiger partial charge on any atom is -0.321 e. The third kappa shape index (κ3) is 3.23. The van der Waals surface area contributed by atoms with Crippen LogP contribution in [0.15, 0.2) is 97.3 Å². The molecular weight excluding hydrogens is 356 g/mol. The fraction of sp³-hybridized carbons (Fsp3) is 0. The zero-order valence-electron chi connectivity index (χ0n) is 15.7. The van der Waals surface area contributed by atoms with Crippen molar-refractivity contribution in [2.24, 2.45) is 0 Å². The summed E-state index contributed by atoms with van der Waals surface area (Å²) < 4.78 is 0. The number of carbonyl (C=O) groups is 1. The molecule has 1 aliphatic rings. The summed E-state index contributed by atoms with van der Waals surface area (Å²) in [5.74, 6) is -0.0776. The Balaban J connectivity index is 1.58. The Morgan fingerprint density at radius 2 is 1.52 bits per heavy atom. The van der Waals surface area contributed by atoms with Gasteiger partial charge < -0.3 is 5.32 Å². The van der Waals surface area contributed by atoms with Gasteiger partial charge in [-0.1, -0.05) is 72.8 Å². The van der Waals surface area contributed by atoms with Crippen LogP contribution in [0.3, 0.4) is 0 Å². The second-order valence-electron chi connectivity index (χ2n) is 6.97. The molecule has 3 aromatic carbocycles. The van der Waals surface area contributed by atoms with E-state index in [-0.39, 0.29) is 5.91 Å². The van der Waals surface area contributed by atoms with Crippen molar-refractivity contribution in [3.63, 3.8) is 0 Å². The van der Waals surface area contributed by atoms with Gasteiger partial charge in [0.2, 0.25) is 0 Å². The first-order valence-corrected chi connectivity index (χ1v) is 9.52. The van der Waals surface area contributed by atoms with Crippen LogP contribution < -0.4 is 5.32 Å². The van der Waals surface area contributed by atoms with Crippen molar-refractivity contribution in [3.8, 4) is 22.3 Å². The van der Waals surface area contributed by atoms with E-state index in [1.165, 1.54) is 0 Å². The Hall–Kier alpha value is -3.98. The predicted octanol–water partition coefficient (Wildman–Crippen LogP) is 5.91. The molecule has 5 rings (SSSR count). The van der Waals surface area contributed by atoms with Gasteiger partial charge in [0, 0.05) is 34.8 Å². The van der Waals surface area contributed by atoms with Gasteiger partial charge in [-0.15, -0.1) is 0 Å². The summed E-state index contributed by atoms with van der Waals surface area (Å²) in [4.78, 5) is 16.9. The number of pyridine rings is 1. The molecule has 29 heavy (non-hydrogen) atoms. The zero-order valence-corrected chi connectivity index (χ0v) is 15.7. The number of benzene rings is 3. The Morgan fingerprint density at radius 1 is 0.724 bits per heavy atom. The minimum absolute atomic E-state index is 0.0776. The Morgan fingerprint density at radius 3 is 2.34 bits per heavy atom. The molecule has 3 heteroatoms. The van der Waals surface area contributed by atoms with Gasteiger partial charge in [0.1, 0.15) is 0 Å². The number of amides is 1. The number of aromatic nitrogens is 1. The second-order valence-corrected chi connectivity index (χ2v) is 6.97. The van der Waals surface area contributed by atoms with Crippen molar-refractivity contribution in [2.45, 2.75) is 0 Å². The SMILES string of the molecule is O=C1Nc2cc(-c3cccnc3)ccc2C1=Cc1ccccc1-c1ccccc1. The van der Waals surface area contributed by atoms with E-state index in [9.17, 15) is 4.79 Å². The summed E-state index contributed by atoms with van der Waals surface area (Å²) in [6.07, 6.45) is 5.56. The lowest BCUT2D eigenvalue weighted by Crippen LogP contribution is -2.03. The fourth-order valence-corrected chi connectivity index (χ4v) is 3.71. The van der Waals surface area contributed by atoms with Crippen LogP contribution in [0.5, 0.6) is 0 Å². The van der Waals surface area contributed by atoms with Crippen LogP contribution in [0.4, 0.5) is 5.69 Å². The van der Waals surface area contributed by atoms with Crippen LogP contribution in [0.1, 0.15) is 11.1 Å². The molecule has 0 unspecified atom stereocenters. The van der Waals surface area contributed by atoms with Gasteiger partial charge >= 0.3 is 0 Å². The summed E-state index contributed by atoms with van der Waals surface area (Å²) in [7, 11) is 0. The number of anilines is 1. The number of hydrogen-bond donors (Lipinski definition) is 1. The van der Waals surface area contributed by atoms with E-state index < -0.39 is 0 Å². The standard InChI is InChI=1S/C26H18N2O/c29-26-24(15-20-9-4-5-11-22(20)18-7-2-1-3-8-18)23-13-12-19(16-25(23)28-26)21-10-6-14-27-17-21/h1-17H,(H,28,29). The maximum atomic E-state index is 12.7. The zero-order chi connectivity index (χ0) is 19.6. The molecule has 1 amide bonds. The van der Waals surface area contributed by atoms with Crippen LogP contribution in [0.25, 0.3) is 33.9 Å². The average molecular weight is 374 g/mol. The molecule has 1 N–H and O–H groups in total. The van der Waals surface area contributed by atoms with E-state index in [0.717, 1.165) is 39.1 Å². The second kappa shape index (κ2) is 7.21. The molecule has 0 radical (unpaired) electrons. The molecule has 0 bridgehead atoms. The van der Waals surface area contributed by atoms with Crippen LogP contribution >= 0.6 is 0 Å². The number of nitrogens with zero attached hydrogens (tertiary/aromatic N) is 1. The molecule has 2 heterocycles. The van der Waals surface area contributed by atoms with Crippen molar-refractivity contribution < 1.29 is 4.79 Å². The molecule has 0 aliphatic carbocycles. The Kier molecular flexibility index (Phi) is 4.26. The lowest BCUT2D eigenvalue weighted by Gasteiger charge is -2.07. The third-order valence-electron chi connectivity index (χ3n) is 5.14. The van der Waals surface area contributed by atoms with E-state index in [0.29, 0.717) is 5.57 Å². The topological polar surface area (TPSA) is 42.0 Å². The number of hydrogen-bond acceptors (Lipinski definition) is 2. The van der Waals surface area contributed by atoms with Crippen molar-refractivity contribution in [2.75, 3.05) is 5.32 Å². The monoisotopic (exact) mass is 374 g/mol. The largest absolute Gasteiger partial charge is 0.321 e. The van der Waals surface area contributed by atoms with Crippen molar-refractivity contribution >= 4 is 23.2 Å². The van der Waals surface area contributed by atoms with E-state index in [4.69, 9.17) is 0 Å². The maximum absolute atomic E-state index is 12.7. The number of fused-ring (bicyclic) bond motifs is 1. The van der Waals surface area contributed by atoms with Crippen molar-refractivity contribution in [3.05, 3.63) is 108 Å². The van der Waals surface area contributed by atoms with Crippen LogP contribution in [-0.4, -0.2) is 10.9 Å². The highest BCUT2D eigenvalue weighted by molar-refractivity contribution is 6.35. The molecule has 1 aliphatic heterocycles. The summed E-state index contributed by atoms with van der Waals surface area (Å²) in [5.41, 5.74) is 7.75. The highest BCUT2D eigenvalue weighted by Crippen LogP contribution is 2.37. The first-order chi connectivity index (χ1) is 14.3. The summed E-state index contributed by atoms with van der Waals surface area (Å²) >= 11 is 0. The van der Waals surface area contributed by atoms with Crippen LogP contribution in [-0.2, 0) is 4.79 Å². The fourth-order valence-electron chi connectivity index (χ4n) is 3.71. The number of carbonyl (C=O) groups excluding carboxylic acids is 1. The van der Waals surface area contributed by atoms with Crippen LogP contribution in [0, 0.1) is 0 Å². The lowest BCUT2D eigenvalue weighted by molar-refractivity contribution is -0.110. The molecule has 0 saturated heterocycles. The molecule has 0 fully saturated rings. The van der Waals surface area contributed by atoms with Crippen molar-refractivity contribution in [1.29, 1.82) is 0 Å². The van der Waals surface area contributed by atoms with Gasteiger partial charge in [0.25, 0.3) is 5.91 Å². The van der Waals surface area contributed by atoms with Gasteiger partial charge in [-0.2, -0.15) is 0 Å². The third-order valence-corrected chi connectivity index (χ3v) is 5.14. The lowest BCUT2D eigenvalue weighted by atomic mass is 9.96. The summed E-state index contributed by atoms with van der Waals surface area (Å²) in [6, 6.07) is 28.3. The van der Waals surface area contributed by atoms with E-state index >= 15 is 0 Å². The normalized spacial score (nSPS) is 13.9. The first kappa shape index (κ1) is 17.1. The molecule has 1 aromatic heterocycles. The predicted molar refractivity (Wildman–Crippen MR) is 118 cm³/mol. The van der Waals surface area contributed by atoms with Gasteiger partial charge in [0.05, 0.1) is 0 Å².